The summed E-state index contributed by atoms with van der Waals surface area (Å²) in [5, 5.41) is 7.14. The lowest BCUT2D eigenvalue weighted by Gasteiger charge is -2.19. The molecule has 0 saturated carbocycles. The lowest BCUT2D eigenvalue weighted by atomic mass is 9.87. The number of thiocarbonyl (C=S) groups is 1. The molecule has 1 aliphatic rings. The van der Waals surface area contributed by atoms with Crippen LogP contribution in [-0.4, -0.2) is 5.11 Å². The second kappa shape index (κ2) is 6.90. The van der Waals surface area contributed by atoms with Crippen molar-refractivity contribution in [1.29, 1.82) is 0 Å². The molecule has 112 valence electrons. The van der Waals surface area contributed by atoms with Crippen LogP contribution >= 0.6 is 12.2 Å². The Morgan fingerprint density at radius 1 is 1.14 bits per heavy atom. The fraction of sp³-hybridized carbons (Fsp3) is 0.389. The van der Waals surface area contributed by atoms with Crippen LogP contribution < -0.4 is 10.6 Å². The Balaban J connectivity index is 1.84. The highest BCUT2D eigenvalue weighted by Crippen LogP contribution is 2.22. The van der Waals surface area contributed by atoms with Crippen molar-refractivity contribution in [3.05, 3.63) is 59.3 Å². The second-order valence-corrected chi connectivity index (χ2v) is 6.80. The third-order valence-corrected chi connectivity index (χ3v) is 3.77. The van der Waals surface area contributed by atoms with Gasteiger partial charge >= 0.3 is 0 Å². The summed E-state index contributed by atoms with van der Waals surface area (Å²) >= 11 is 5.32. The lowest BCUT2D eigenvalue weighted by molar-refractivity contribution is 0.590. The van der Waals surface area contributed by atoms with E-state index in [0.717, 1.165) is 25.1 Å². The number of nitrogens with one attached hydrogen (secondary N) is 2. The van der Waals surface area contributed by atoms with Gasteiger partial charge in [-0.1, -0.05) is 57.2 Å². The minimum Gasteiger partial charge on any atom is -0.358 e. The zero-order valence-corrected chi connectivity index (χ0v) is 13.9. The minimum absolute atomic E-state index is 0.197. The lowest BCUT2D eigenvalue weighted by Crippen LogP contribution is -2.34. The minimum atomic E-state index is 0.197. The van der Waals surface area contributed by atoms with Crippen LogP contribution in [0.25, 0.3) is 0 Å². The molecule has 21 heavy (non-hydrogen) atoms. The highest BCUT2D eigenvalue weighted by molar-refractivity contribution is 7.80. The fourth-order valence-electron chi connectivity index (χ4n) is 2.19. The van der Waals surface area contributed by atoms with Crippen LogP contribution in [-0.2, 0) is 12.0 Å². The summed E-state index contributed by atoms with van der Waals surface area (Å²) in [7, 11) is 0. The molecule has 0 aliphatic heterocycles. The first-order valence-electron chi connectivity index (χ1n) is 7.46. The molecule has 1 aromatic rings. The fourth-order valence-corrected chi connectivity index (χ4v) is 2.38. The third-order valence-electron chi connectivity index (χ3n) is 3.53. The molecule has 0 fully saturated rings. The number of rotatable bonds is 3. The van der Waals surface area contributed by atoms with Gasteiger partial charge in [0.15, 0.2) is 5.11 Å². The third kappa shape index (κ3) is 5.01. The van der Waals surface area contributed by atoms with Gasteiger partial charge in [0.1, 0.15) is 0 Å². The van der Waals surface area contributed by atoms with Gasteiger partial charge in [0.05, 0.1) is 0 Å². The summed E-state index contributed by atoms with van der Waals surface area (Å²) < 4.78 is 0. The summed E-state index contributed by atoms with van der Waals surface area (Å²) in [6, 6.07) is 8.71. The summed E-state index contributed by atoms with van der Waals surface area (Å²) in [6.07, 6.45) is 8.61. The molecule has 0 saturated heterocycles. The second-order valence-electron chi connectivity index (χ2n) is 6.39. The van der Waals surface area contributed by atoms with Crippen LogP contribution in [0.1, 0.15) is 44.7 Å². The summed E-state index contributed by atoms with van der Waals surface area (Å²) in [5.41, 5.74) is 3.87. The van der Waals surface area contributed by atoms with Crippen LogP contribution in [0.2, 0.25) is 0 Å². The first kappa shape index (κ1) is 15.8. The molecule has 0 spiro atoms. The predicted octanol–water partition coefficient (Wildman–Crippen LogP) is 4.18. The number of benzene rings is 1. The van der Waals surface area contributed by atoms with E-state index in [4.69, 9.17) is 12.2 Å². The molecule has 1 aromatic carbocycles. The van der Waals surface area contributed by atoms with Gasteiger partial charge in [-0.3, -0.25) is 0 Å². The summed E-state index contributed by atoms with van der Waals surface area (Å²) in [6.45, 7) is 7.42. The Hall–Kier alpha value is -1.61. The standard InChI is InChI=1S/C18H24N2S/c1-18(2,3)15-11-9-14(10-12-15)13-19-17(21)20-16-7-5-4-6-8-16/h5,7-12H,4,6,13H2,1-3H3,(H2,19,20,21). The smallest absolute Gasteiger partial charge is 0.171 e. The monoisotopic (exact) mass is 300 g/mol. The van der Waals surface area contributed by atoms with Crippen molar-refractivity contribution < 1.29 is 0 Å². The van der Waals surface area contributed by atoms with E-state index >= 15 is 0 Å². The number of allylic oxidation sites excluding steroid dienone is 3. The van der Waals surface area contributed by atoms with E-state index in [1.807, 2.05) is 0 Å². The molecule has 0 amide bonds. The van der Waals surface area contributed by atoms with E-state index in [9.17, 15) is 0 Å². The van der Waals surface area contributed by atoms with Gasteiger partial charge in [-0.15, -0.1) is 0 Å². The van der Waals surface area contributed by atoms with Crippen molar-refractivity contribution in [2.45, 2.75) is 45.6 Å². The maximum atomic E-state index is 5.32. The van der Waals surface area contributed by atoms with Gasteiger partial charge in [0.25, 0.3) is 0 Å². The van der Waals surface area contributed by atoms with Crippen LogP contribution in [0.3, 0.4) is 0 Å². The van der Waals surface area contributed by atoms with Gasteiger partial charge in [0, 0.05) is 12.2 Å². The van der Waals surface area contributed by atoms with Crippen LogP contribution in [0, 0.1) is 0 Å². The zero-order valence-electron chi connectivity index (χ0n) is 13.1. The molecule has 0 radical (unpaired) electrons. The van der Waals surface area contributed by atoms with Crippen molar-refractivity contribution in [2.75, 3.05) is 0 Å². The largest absolute Gasteiger partial charge is 0.358 e. The zero-order chi connectivity index (χ0) is 15.3. The Kier molecular flexibility index (Phi) is 5.18. The van der Waals surface area contributed by atoms with E-state index in [1.165, 1.54) is 11.1 Å². The van der Waals surface area contributed by atoms with E-state index in [2.05, 4.69) is 73.9 Å². The van der Waals surface area contributed by atoms with Crippen molar-refractivity contribution in [3.8, 4) is 0 Å². The number of hydrogen-bond donors (Lipinski definition) is 2. The highest BCUT2D eigenvalue weighted by atomic mass is 32.1. The van der Waals surface area contributed by atoms with Crippen molar-refractivity contribution in [3.63, 3.8) is 0 Å². The summed E-state index contributed by atoms with van der Waals surface area (Å²) in [4.78, 5) is 0. The van der Waals surface area contributed by atoms with Crippen molar-refractivity contribution in [1.82, 2.24) is 10.6 Å². The van der Waals surface area contributed by atoms with Crippen LogP contribution in [0.5, 0.6) is 0 Å². The molecule has 0 bridgehead atoms. The van der Waals surface area contributed by atoms with Gasteiger partial charge in [0.2, 0.25) is 0 Å². The van der Waals surface area contributed by atoms with Gasteiger partial charge in [-0.05, 0) is 47.7 Å². The topological polar surface area (TPSA) is 24.1 Å². The van der Waals surface area contributed by atoms with Gasteiger partial charge in [-0.2, -0.15) is 0 Å². The molecule has 0 aromatic heterocycles. The van der Waals surface area contributed by atoms with Crippen molar-refractivity contribution in [2.24, 2.45) is 0 Å². The quantitative estimate of drug-likeness (QED) is 0.819. The number of hydrogen-bond acceptors (Lipinski definition) is 1. The van der Waals surface area contributed by atoms with Gasteiger partial charge in [-0.25, -0.2) is 0 Å². The predicted molar refractivity (Wildman–Crippen MR) is 94.2 cm³/mol. The average Bonchev–Trinajstić information content (AvgIpc) is 2.46. The maximum Gasteiger partial charge on any atom is 0.171 e. The first-order chi connectivity index (χ1) is 9.95. The first-order valence-corrected chi connectivity index (χ1v) is 7.87. The Morgan fingerprint density at radius 2 is 1.86 bits per heavy atom. The van der Waals surface area contributed by atoms with E-state index in [-0.39, 0.29) is 5.41 Å². The highest BCUT2D eigenvalue weighted by Gasteiger charge is 2.12. The van der Waals surface area contributed by atoms with Crippen LogP contribution in [0.4, 0.5) is 0 Å². The van der Waals surface area contributed by atoms with Crippen molar-refractivity contribution >= 4 is 17.3 Å². The Morgan fingerprint density at radius 3 is 2.43 bits per heavy atom. The van der Waals surface area contributed by atoms with E-state index in [1.54, 1.807) is 0 Å². The molecule has 0 heterocycles. The maximum absolute atomic E-state index is 5.32. The average molecular weight is 300 g/mol. The molecule has 2 rings (SSSR count). The van der Waals surface area contributed by atoms with Gasteiger partial charge < -0.3 is 10.6 Å². The summed E-state index contributed by atoms with van der Waals surface area (Å²) in [5.74, 6) is 0. The molecule has 1 aliphatic carbocycles. The Bertz CT molecular complexity index is 548. The Labute approximate surface area is 133 Å². The van der Waals surface area contributed by atoms with E-state index < -0.39 is 0 Å². The molecule has 2 N–H and O–H groups in total. The normalized spacial score (nSPS) is 14.5. The van der Waals surface area contributed by atoms with E-state index in [0.29, 0.717) is 5.11 Å². The molecule has 0 atom stereocenters. The molecule has 0 unspecified atom stereocenters. The SMILES string of the molecule is CC(C)(C)c1ccc(CNC(=S)NC2=CCCC=C2)cc1. The molecule has 3 heteroatoms. The van der Waals surface area contributed by atoms with Crippen LogP contribution in [0.15, 0.2) is 48.2 Å². The molecule has 2 nitrogen and oxygen atoms in total. The molecular formula is C18H24N2S. The molecular weight excluding hydrogens is 276 g/mol.